The predicted molar refractivity (Wildman–Crippen MR) is 52.5 cm³/mol. The zero-order chi connectivity index (χ0) is 10.6. The van der Waals surface area contributed by atoms with Crippen LogP contribution in [0.3, 0.4) is 0 Å². The molecule has 0 aromatic heterocycles. The van der Waals surface area contributed by atoms with Gasteiger partial charge < -0.3 is 10.8 Å². The van der Waals surface area contributed by atoms with E-state index in [2.05, 4.69) is 0 Å². The standard InChI is InChI=1S/C10H8N2O2/c11-6-2-4-7-8(10(13)14)3-1-5-9(7)12/h1-5H,12H2,(H,13,14). The zero-order valence-corrected chi connectivity index (χ0v) is 7.27. The molecule has 0 spiro atoms. The van der Waals surface area contributed by atoms with Crippen LogP contribution in [-0.2, 0) is 0 Å². The van der Waals surface area contributed by atoms with E-state index < -0.39 is 5.97 Å². The van der Waals surface area contributed by atoms with Crippen molar-refractivity contribution in [1.29, 1.82) is 5.26 Å². The van der Waals surface area contributed by atoms with E-state index in [4.69, 9.17) is 16.1 Å². The van der Waals surface area contributed by atoms with Gasteiger partial charge in [0.25, 0.3) is 0 Å². The molecule has 1 rings (SSSR count). The summed E-state index contributed by atoms with van der Waals surface area (Å²) in [5.41, 5.74) is 6.38. The molecule has 0 aliphatic carbocycles. The number of nitrogens with two attached hydrogens (primary N) is 1. The summed E-state index contributed by atoms with van der Waals surface area (Å²) in [4.78, 5) is 10.8. The number of carboxylic acids is 1. The normalized spacial score (nSPS) is 9.93. The summed E-state index contributed by atoms with van der Waals surface area (Å²) in [6, 6.07) is 6.37. The molecule has 0 unspecified atom stereocenters. The van der Waals surface area contributed by atoms with Gasteiger partial charge in [-0.25, -0.2) is 4.79 Å². The first kappa shape index (κ1) is 9.81. The maximum Gasteiger partial charge on any atom is 0.336 e. The highest BCUT2D eigenvalue weighted by atomic mass is 16.4. The van der Waals surface area contributed by atoms with E-state index in [1.54, 1.807) is 18.2 Å². The van der Waals surface area contributed by atoms with Crippen molar-refractivity contribution in [2.24, 2.45) is 0 Å². The summed E-state index contributed by atoms with van der Waals surface area (Å²) in [6.07, 6.45) is 2.58. The summed E-state index contributed by atoms with van der Waals surface area (Å²) < 4.78 is 0. The largest absolute Gasteiger partial charge is 0.478 e. The van der Waals surface area contributed by atoms with Crippen LogP contribution >= 0.6 is 0 Å². The molecule has 0 atom stereocenters. The fourth-order valence-corrected chi connectivity index (χ4v) is 1.08. The van der Waals surface area contributed by atoms with Crippen LogP contribution in [0.1, 0.15) is 15.9 Å². The number of benzene rings is 1. The lowest BCUT2D eigenvalue weighted by molar-refractivity contribution is 0.0696. The van der Waals surface area contributed by atoms with Crippen LogP contribution in [0.25, 0.3) is 6.08 Å². The Morgan fingerprint density at radius 1 is 1.57 bits per heavy atom. The molecule has 14 heavy (non-hydrogen) atoms. The molecule has 0 saturated carbocycles. The number of allylic oxidation sites excluding steroid dienone is 1. The number of anilines is 1. The molecule has 0 aliphatic rings. The van der Waals surface area contributed by atoms with Crippen molar-refractivity contribution in [3.8, 4) is 6.07 Å². The Labute approximate surface area is 80.9 Å². The summed E-state index contributed by atoms with van der Waals surface area (Å²) in [7, 11) is 0. The minimum Gasteiger partial charge on any atom is -0.478 e. The second-order valence-corrected chi connectivity index (χ2v) is 2.58. The second-order valence-electron chi connectivity index (χ2n) is 2.58. The molecule has 0 aliphatic heterocycles. The first-order valence-electron chi connectivity index (χ1n) is 3.84. The molecule has 1 aromatic carbocycles. The molecule has 70 valence electrons. The van der Waals surface area contributed by atoms with Gasteiger partial charge in [0, 0.05) is 17.3 Å². The molecule has 0 saturated heterocycles. The number of carbonyl (C=O) groups is 1. The zero-order valence-electron chi connectivity index (χ0n) is 7.27. The molecule has 0 radical (unpaired) electrons. The maximum absolute atomic E-state index is 10.8. The van der Waals surface area contributed by atoms with Crippen molar-refractivity contribution >= 4 is 17.7 Å². The average Bonchev–Trinajstić information content (AvgIpc) is 2.15. The summed E-state index contributed by atoms with van der Waals surface area (Å²) in [5.74, 6) is -1.06. The molecule has 0 fully saturated rings. The molecule has 0 bridgehead atoms. The SMILES string of the molecule is N#CC=Cc1c(N)cccc1C(=O)O. The highest BCUT2D eigenvalue weighted by molar-refractivity contribution is 5.94. The molecule has 0 heterocycles. The number of hydrogen-bond donors (Lipinski definition) is 2. The molecule has 4 nitrogen and oxygen atoms in total. The minimum atomic E-state index is -1.06. The van der Waals surface area contributed by atoms with Gasteiger partial charge in [0.05, 0.1) is 11.6 Å². The monoisotopic (exact) mass is 188 g/mol. The fourth-order valence-electron chi connectivity index (χ4n) is 1.08. The Morgan fingerprint density at radius 3 is 2.86 bits per heavy atom. The Balaban J connectivity index is 3.31. The first-order chi connectivity index (χ1) is 6.66. The number of hydrogen-bond acceptors (Lipinski definition) is 3. The number of nitrogens with zero attached hydrogens (tertiary/aromatic N) is 1. The number of carboxylic acid groups (broad SMARTS) is 1. The Morgan fingerprint density at radius 2 is 2.29 bits per heavy atom. The van der Waals surface area contributed by atoms with Crippen LogP contribution < -0.4 is 5.73 Å². The lowest BCUT2D eigenvalue weighted by Gasteiger charge is -2.03. The average molecular weight is 188 g/mol. The van der Waals surface area contributed by atoms with Crippen LogP contribution in [0, 0.1) is 11.3 Å². The van der Waals surface area contributed by atoms with Gasteiger partial charge in [0.2, 0.25) is 0 Å². The van der Waals surface area contributed by atoms with E-state index in [1.165, 1.54) is 18.2 Å². The van der Waals surface area contributed by atoms with Crippen LogP contribution in [0.15, 0.2) is 24.3 Å². The Bertz CT molecular complexity index is 430. The van der Waals surface area contributed by atoms with Gasteiger partial charge in [-0.15, -0.1) is 0 Å². The van der Waals surface area contributed by atoms with Crippen LogP contribution in [0.5, 0.6) is 0 Å². The highest BCUT2D eigenvalue weighted by Gasteiger charge is 2.09. The number of rotatable bonds is 2. The third kappa shape index (κ3) is 1.90. The molecule has 0 amide bonds. The number of nitrogen functional groups attached to an aromatic ring is 1. The van der Waals surface area contributed by atoms with Crippen molar-refractivity contribution in [3.63, 3.8) is 0 Å². The topological polar surface area (TPSA) is 87.1 Å². The van der Waals surface area contributed by atoms with E-state index in [1.807, 2.05) is 0 Å². The van der Waals surface area contributed by atoms with Crippen LogP contribution in [-0.4, -0.2) is 11.1 Å². The lowest BCUT2D eigenvalue weighted by Crippen LogP contribution is -2.02. The van der Waals surface area contributed by atoms with E-state index in [9.17, 15) is 4.79 Å². The quantitative estimate of drug-likeness (QED) is 0.543. The van der Waals surface area contributed by atoms with Crippen LogP contribution in [0.4, 0.5) is 5.69 Å². The molecular formula is C10H8N2O2. The van der Waals surface area contributed by atoms with Crippen molar-refractivity contribution in [2.75, 3.05) is 5.73 Å². The first-order valence-corrected chi connectivity index (χ1v) is 3.84. The lowest BCUT2D eigenvalue weighted by atomic mass is 10.1. The molecule has 1 aromatic rings. The van der Waals surface area contributed by atoms with Gasteiger partial charge in [-0.3, -0.25) is 0 Å². The molecule has 3 N–H and O–H groups in total. The van der Waals surface area contributed by atoms with E-state index in [0.29, 0.717) is 11.3 Å². The highest BCUT2D eigenvalue weighted by Crippen LogP contribution is 2.18. The van der Waals surface area contributed by atoms with Crippen LogP contribution in [0.2, 0.25) is 0 Å². The third-order valence-electron chi connectivity index (χ3n) is 1.69. The summed E-state index contributed by atoms with van der Waals surface area (Å²) in [6.45, 7) is 0. The Hall–Kier alpha value is -2.28. The van der Waals surface area contributed by atoms with Crippen molar-refractivity contribution in [3.05, 3.63) is 35.4 Å². The smallest absolute Gasteiger partial charge is 0.336 e. The Kier molecular flexibility index (Phi) is 2.87. The number of nitriles is 1. The van der Waals surface area contributed by atoms with E-state index in [0.717, 1.165) is 0 Å². The maximum atomic E-state index is 10.8. The number of aromatic carboxylic acids is 1. The van der Waals surface area contributed by atoms with Gasteiger partial charge in [0.1, 0.15) is 0 Å². The molecule has 4 heteroatoms. The van der Waals surface area contributed by atoms with Gasteiger partial charge in [-0.1, -0.05) is 6.07 Å². The van der Waals surface area contributed by atoms with Crippen molar-refractivity contribution < 1.29 is 9.90 Å². The van der Waals surface area contributed by atoms with E-state index >= 15 is 0 Å². The second kappa shape index (κ2) is 4.10. The van der Waals surface area contributed by atoms with Gasteiger partial charge in [-0.2, -0.15) is 5.26 Å². The van der Waals surface area contributed by atoms with Gasteiger partial charge in [-0.05, 0) is 18.2 Å². The van der Waals surface area contributed by atoms with E-state index in [-0.39, 0.29) is 5.56 Å². The summed E-state index contributed by atoms with van der Waals surface area (Å²) in [5, 5.41) is 17.1. The molecular weight excluding hydrogens is 180 g/mol. The fraction of sp³-hybridized carbons (Fsp3) is 0. The van der Waals surface area contributed by atoms with Gasteiger partial charge >= 0.3 is 5.97 Å². The minimum absolute atomic E-state index is 0.0940. The third-order valence-corrected chi connectivity index (χ3v) is 1.69. The van der Waals surface area contributed by atoms with Gasteiger partial charge in [0.15, 0.2) is 0 Å². The summed E-state index contributed by atoms with van der Waals surface area (Å²) >= 11 is 0. The van der Waals surface area contributed by atoms with Crippen molar-refractivity contribution in [2.45, 2.75) is 0 Å². The predicted octanol–water partition coefficient (Wildman–Crippen LogP) is 1.50. The van der Waals surface area contributed by atoms with Crippen molar-refractivity contribution in [1.82, 2.24) is 0 Å².